The number of nitrogens with one attached hydrogen (secondary N) is 1. The third-order valence-electron chi connectivity index (χ3n) is 5.52. The number of nitrogens with zero attached hydrogens (tertiary/aromatic N) is 3. The molecule has 0 aliphatic heterocycles. The van der Waals surface area contributed by atoms with Gasteiger partial charge in [-0.15, -0.1) is 5.10 Å². The third-order valence-corrected chi connectivity index (χ3v) is 5.52. The molecule has 1 unspecified atom stereocenters. The van der Waals surface area contributed by atoms with Crippen LogP contribution in [0.3, 0.4) is 0 Å². The lowest BCUT2D eigenvalue weighted by Gasteiger charge is -2.10. The molecule has 0 saturated carbocycles. The fraction of sp³-hybridized carbons (Fsp3) is 0.269. The van der Waals surface area contributed by atoms with Gasteiger partial charge >= 0.3 is 0 Å². The van der Waals surface area contributed by atoms with Crippen molar-refractivity contribution < 1.29 is 13.9 Å². The summed E-state index contributed by atoms with van der Waals surface area (Å²) in [6.45, 7) is 7.23. The summed E-state index contributed by atoms with van der Waals surface area (Å²) in [6.07, 6.45) is 2.69. The number of benzene rings is 2. The minimum absolute atomic E-state index is 0.177. The van der Waals surface area contributed by atoms with E-state index in [-0.39, 0.29) is 18.3 Å². The van der Waals surface area contributed by atoms with Crippen LogP contribution < -0.4 is 10.1 Å². The molecule has 0 saturated heterocycles. The van der Waals surface area contributed by atoms with E-state index in [0.29, 0.717) is 18.2 Å². The van der Waals surface area contributed by atoms with Crippen molar-refractivity contribution in [1.29, 1.82) is 0 Å². The van der Waals surface area contributed by atoms with Gasteiger partial charge in [0, 0.05) is 0 Å². The molecular formula is C26H28N4O3. The van der Waals surface area contributed by atoms with Crippen molar-refractivity contribution in [3.63, 3.8) is 0 Å². The summed E-state index contributed by atoms with van der Waals surface area (Å²) >= 11 is 0. The predicted octanol–water partition coefficient (Wildman–Crippen LogP) is 5.57. The van der Waals surface area contributed by atoms with Crippen LogP contribution in [0.15, 0.2) is 71.4 Å². The summed E-state index contributed by atoms with van der Waals surface area (Å²) in [5, 5.41) is 6.98. The highest BCUT2D eigenvalue weighted by atomic mass is 16.5. The Balaban J connectivity index is 1.30. The number of rotatable bonds is 9. The number of ether oxygens (including phenoxy) is 1. The van der Waals surface area contributed by atoms with Crippen molar-refractivity contribution in [2.75, 3.05) is 5.32 Å². The summed E-state index contributed by atoms with van der Waals surface area (Å²) in [5.74, 6) is 1.83. The molecule has 1 atom stereocenters. The van der Waals surface area contributed by atoms with Gasteiger partial charge < -0.3 is 9.15 Å². The zero-order valence-electron chi connectivity index (χ0n) is 19.1. The van der Waals surface area contributed by atoms with E-state index in [0.717, 1.165) is 17.7 Å². The molecule has 1 amide bonds. The van der Waals surface area contributed by atoms with Crippen molar-refractivity contribution in [3.05, 3.63) is 95.2 Å². The minimum Gasteiger partial charge on any atom is -0.486 e. The zero-order valence-corrected chi connectivity index (χ0v) is 19.1. The van der Waals surface area contributed by atoms with Gasteiger partial charge in [-0.05, 0) is 54.7 Å². The van der Waals surface area contributed by atoms with Gasteiger partial charge in [-0.25, -0.2) is 9.67 Å². The molecule has 2 heterocycles. The van der Waals surface area contributed by atoms with Crippen LogP contribution in [0.4, 0.5) is 5.95 Å². The van der Waals surface area contributed by atoms with Crippen LogP contribution in [0, 0.1) is 6.92 Å². The molecule has 4 aromatic rings. The van der Waals surface area contributed by atoms with Crippen molar-refractivity contribution in [1.82, 2.24) is 14.8 Å². The van der Waals surface area contributed by atoms with E-state index < -0.39 is 5.91 Å². The predicted molar refractivity (Wildman–Crippen MR) is 126 cm³/mol. The molecule has 4 rings (SSSR count). The fourth-order valence-corrected chi connectivity index (χ4v) is 3.45. The van der Waals surface area contributed by atoms with Crippen LogP contribution in [0.1, 0.15) is 59.2 Å². The maximum absolute atomic E-state index is 12.5. The van der Waals surface area contributed by atoms with Crippen molar-refractivity contribution in [2.24, 2.45) is 0 Å². The van der Waals surface area contributed by atoms with E-state index >= 15 is 0 Å². The lowest BCUT2D eigenvalue weighted by atomic mass is 9.99. The lowest BCUT2D eigenvalue weighted by molar-refractivity contribution is 0.0991. The van der Waals surface area contributed by atoms with Gasteiger partial charge in [0.15, 0.2) is 5.76 Å². The summed E-state index contributed by atoms with van der Waals surface area (Å²) in [5.41, 5.74) is 3.58. The van der Waals surface area contributed by atoms with Gasteiger partial charge in [0.25, 0.3) is 5.91 Å². The number of anilines is 1. The van der Waals surface area contributed by atoms with Gasteiger partial charge in [0.1, 0.15) is 24.4 Å². The number of carbonyl (C=O) groups is 1. The van der Waals surface area contributed by atoms with Crippen molar-refractivity contribution in [2.45, 2.75) is 46.3 Å². The maximum atomic E-state index is 12.5. The number of hydrogen-bond acceptors (Lipinski definition) is 5. The monoisotopic (exact) mass is 444 g/mol. The van der Waals surface area contributed by atoms with Gasteiger partial charge in [-0.2, -0.15) is 0 Å². The number of hydrogen-bond donors (Lipinski definition) is 1. The summed E-state index contributed by atoms with van der Waals surface area (Å²) in [4.78, 5) is 16.7. The topological polar surface area (TPSA) is 82.2 Å². The fourth-order valence-electron chi connectivity index (χ4n) is 3.45. The van der Waals surface area contributed by atoms with Gasteiger partial charge in [-0.1, -0.05) is 55.8 Å². The Morgan fingerprint density at radius 1 is 1.15 bits per heavy atom. The van der Waals surface area contributed by atoms with Crippen molar-refractivity contribution in [3.8, 4) is 5.75 Å². The third kappa shape index (κ3) is 5.88. The number of carbonyl (C=O) groups excluding carboxylic acids is 1. The Bertz CT molecular complexity index is 1210. The van der Waals surface area contributed by atoms with Crippen LogP contribution in [0.5, 0.6) is 5.75 Å². The van der Waals surface area contributed by atoms with E-state index in [2.05, 4.69) is 47.4 Å². The molecule has 0 aliphatic carbocycles. The molecule has 2 aromatic carbocycles. The zero-order chi connectivity index (χ0) is 23.2. The highest BCUT2D eigenvalue weighted by Crippen LogP contribution is 2.22. The SMILES string of the molecule is CCC(C)c1ccc(OCc2ccc(C(=O)Nc3ncn(Cc4cccc(C)c4)n3)o2)cc1. The Labute approximate surface area is 193 Å². The molecule has 0 spiro atoms. The number of amides is 1. The Kier molecular flexibility index (Phi) is 6.88. The first-order valence-electron chi connectivity index (χ1n) is 11.1. The Hall–Kier alpha value is -3.87. The number of furan rings is 1. The summed E-state index contributed by atoms with van der Waals surface area (Å²) in [7, 11) is 0. The van der Waals surface area contributed by atoms with E-state index in [1.807, 2.05) is 37.3 Å². The van der Waals surface area contributed by atoms with Crippen LogP contribution >= 0.6 is 0 Å². The number of aryl methyl sites for hydroxylation is 1. The first-order valence-corrected chi connectivity index (χ1v) is 11.1. The maximum Gasteiger partial charge on any atom is 0.293 e. The molecule has 0 bridgehead atoms. The van der Waals surface area contributed by atoms with Crippen LogP contribution in [0.25, 0.3) is 0 Å². The second-order valence-electron chi connectivity index (χ2n) is 8.14. The van der Waals surface area contributed by atoms with Crippen LogP contribution in [0.2, 0.25) is 0 Å². The molecule has 1 N–H and O–H groups in total. The molecule has 7 heteroatoms. The first-order chi connectivity index (χ1) is 16.0. The first kappa shape index (κ1) is 22.3. The molecule has 170 valence electrons. The average molecular weight is 445 g/mol. The Morgan fingerprint density at radius 2 is 1.97 bits per heavy atom. The largest absolute Gasteiger partial charge is 0.486 e. The normalized spacial score (nSPS) is 11.8. The van der Waals surface area contributed by atoms with Crippen LogP contribution in [-0.4, -0.2) is 20.7 Å². The van der Waals surface area contributed by atoms with E-state index in [4.69, 9.17) is 9.15 Å². The second kappa shape index (κ2) is 10.2. The second-order valence-corrected chi connectivity index (χ2v) is 8.14. The van der Waals surface area contributed by atoms with Crippen molar-refractivity contribution >= 4 is 11.9 Å². The van der Waals surface area contributed by atoms with E-state index in [1.165, 1.54) is 11.1 Å². The average Bonchev–Trinajstić information content (AvgIpc) is 3.47. The molecule has 0 aliphatic rings. The highest BCUT2D eigenvalue weighted by Gasteiger charge is 2.14. The van der Waals surface area contributed by atoms with Gasteiger partial charge in [-0.3, -0.25) is 10.1 Å². The van der Waals surface area contributed by atoms with Gasteiger partial charge in [0.2, 0.25) is 5.95 Å². The minimum atomic E-state index is -0.410. The van der Waals surface area contributed by atoms with E-state index in [9.17, 15) is 4.79 Å². The van der Waals surface area contributed by atoms with E-state index in [1.54, 1.807) is 23.1 Å². The number of aromatic nitrogens is 3. The molecule has 0 fully saturated rings. The smallest absolute Gasteiger partial charge is 0.293 e. The van der Waals surface area contributed by atoms with Gasteiger partial charge in [0.05, 0.1) is 6.54 Å². The summed E-state index contributed by atoms with van der Waals surface area (Å²) in [6, 6.07) is 19.6. The lowest BCUT2D eigenvalue weighted by Crippen LogP contribution is -2.12. The standard InChI is InChI=1S/C26H28N4O3/c1-4-19(3)21-8-10-22(11-9-21)32-16-23-12-13-24(33-23)25(31)28-26-27-17-30(29-26)15-20-7-5-6-18(2)14-20/h5-14,17,19H,4,15-16H2,1-3H3,(H,28,29,31). The molecule has 33 heavy (non-hydrogen) atoms. The molecule has 0 radical (unpaired) electrons. The van der Waals surface area contributed by atoms with Crippen LogP contribution in [-0.2, 0) is 13.2 Å². The Morgan fingerprint density at radius 3 is 2.73 bits per heavy atom. The highest BCUT2D eigenvalue weighted by molar-refractivity contribution is 6.01. The summed E-state index contributed by atoms with van der Waals surface area (Å²) < 4.78 is 13.1. The molecule has 7 nitrogen and oxygen atoms in total. The quantitative estimate of drug-likeness (QED) is 0.365. The molecular weight excluding hydrogens is 416 g/mol. The molecule has 2 aromatic heterocycles.